The molecule has 4 nitrogen and oxygen atoms in total. The number of carbonyl (C=O) groups excluding carboxylic acids is 1. The molecule has 2 rings (SSSR count). The molecule has 0 aliphatic rings. The second-order valence-electron chi connectivity index (χ2n) is 5.34. The Morgan fingerprint density at radius 2 is 1.90 bits per heavy atom. The molecule has 0 saturated carbocycles. The van der Waals surface area contributed by atoms with E-state index in [0.29, 0.717) is 11.5 Å². The van der Waals surface area contributed by atoms with Crippen molar-refractivity contribution in [2.45, 2.75) is 26.8 Å². The van der Waals surface area contributed by atoms with Crippen molar-refractivity contribution < 1.29 is 13.6 Å². The van der Waals surface area contributed by atoms with Crippen molar-refractivity contribution in [1.29, 1.82) is 0 Å². The number of carbonyl (C=O) groups is 1. The first kappa shape index (κ1) is 15.2. The van der Waals surface area contributed by atoms with Crippen molar-refractivity contribution >= 4 is 5.91 Å². The van der Waals surface area contributed by atoms with Gasteiger partial charge in [-0.25, -0.2) is 8.78 Å². The smallest absolute Gasteiger partial charge is 0.272 e. The van der Waals surface area contributed by atoms with Gasteiger partial charge in [0, 0.05) is 18.3 Å². The van der Waals surface area contributed by atoms with E-state index in [2.05, 4.69) is 29.4 Å². The minimum absolute atomic E-state index is 0.0416. The van der Waals surface area contributed by atoms with Gasteiger partial charge in [0.2, 0.25) is 0 Å². The minimum atomic E-state index is -0.668. The van der Waals surface area contributed by atoms with Crippen LogP contribution in [0.1, 0.15) is 35.6 Å². The van der Waals surface area contributed by atoms with Gasteiger partial charge < -0.3 is 5.32 Å². The Bertz CT molecular complexity index is 617. The van der Waals surface area contributed by atoms with Crippen molar-refractivity contribution in [1.82, 2.24) is 15.5 Å². The maximum absolute atomic E-state index is 13.0. The number of H-pyrrole nitrogens is 1. The van der Waals surface area contributed by atoms with E-state index in [1.807, 2.05) is 0 Å². The molecule has 21 heavy (non-hydrogen) atoms. The molecule has 0 aliphatic carbocycles. The molecule has 1 heterocycles. The molecule has 2 N–H and O–H groups in total. The molecule has 0 unspecified atom stereocenters. The van der Waals surface area contributed by atoms with Gasteiger partial charge in [-0.1, -0.05) is 13.8 Å². The Kier molecular flexibility index (Phi) is 4.67. The lowest BCUT2D eigenvalue weighted by Crippen LogP contribution is -2.23. The standard InChI is InChI=1S/C15H17F2N3O/c1-9(2)3-13-7-14(20-19-13)15(21)18-8-10-4-11(16)6-12(17)5-10/h4-7,9H,3,8H2,1-2H3,(H,18,21)(H,19,20). The number of nitrogens with one attached hydrogen (secondary N) is 2. The fraction of sp³-hybridized carbons (Fsp3) is 0.333. The molecule has 0 saturated heterocycles. The quantitative estimate of drug-likeness (QED) is 0.890. The van der Waals surface area contributed by atoms with Crippen LogP contribution in [-0.2, 0) is 13.0 Å². The van der Waals surface area contributed by atoms with Crippen LogP contribution in [0.3, 0.4) is 0 Å². The normalized spacial score (nSPS) is 10.9. The van der Waals surface area contributed by atoms with E-state index in [-0.39, 0.29) is 18.1 Å². The first-order valence-corrected chi connectivity index (χ1v) is 6.71. The van der Waals surface area contributed by atoms with Crippen molar-refractivity contribution in [2.24, 2.45) is 5.92 Å². The van der Waals surface area contributed by atoms with Crippen LogP contribution >= 0.6 is 0 Å². The predicted octanol–water partition coefficient (Wildman–Crippen LogP) is 2.82. The highest BCUT2D eigenvalue weighted by Gasteiger charge is 2.11. The lowest BCUT2D eigenvalue weighted by atomic mass is 10.1. The largest absolute Gasteiger partial charge is 0.347 e. The van der Waals surface area contributed by atoms with Gasteiger partial charge in [-0.3, -0.25) is 9.89 Å². The number of aromatic nitrogens is 2. The molecule has 0 aliphatic heterocycles. The van der Waals surface area contributed by atoms with Crippen molar-refractivity contribution in [3.8, 4) is 0 Å². The summed E-state index contributed by atoms with van der Waals surface area (Å²) in [6.07, 6.45) is 0.801. The van der Waals surface area contributed by atoms with Crippen LogP contribution < -0.4 is 5.32 Å². The number of nitrogens with zero attached hydrogens (tertiary/aromatic N) is 1. The van der Waals surface area contributed by atoms with E-state index in [1.54, 1.807) is 6.07 Å². The number of hydrogen-bond acceptors (Lipinski definition) is 2. The topological polar surface area (TPSA) is 57.8 Å². The van der Waals surface area contributed by atoms with Gasteiger partial charge in [0.05, 0.1) is 0 Å². The number of rotatable bonds is 5. The van der Waals surface area contributed by atoms with E-state index in [4.69, 9.17) is 0 Å². The average molecular weight is 293 g/mol. The highest BCUT2D eigenvalue weighted by Crippen LogP contribution is 2.09. The van der Waals surface area contributed by atoms with Gasteiger partial charge in [-0.05, 0) is 36.1 Å². The SMILES string of the molecule is CC(C)Cc1cc(C(=O)NCc2cc(F)cc(F)c2)n[nH]1. The Labute approximate surface area is 121 Å². The average Bonchev–Trinajstić information content (AvgIpc) is 2.82. The monoisotopic (exact) mass is 293 g/mol. The Morgan fingerprint density at radius 3 is 2.52 bits per heavy atom. The Morgan fingerprint density at radius 1 is 1.24 bits per heavy atom. The molecule has 6 heteroatoms. The minimum Gasteiger partial charge on any atom is -0.347 e. The van der Waals surface area contributed by atoms with Crippen LogP contribution in [0.2, 0.25) is 0 Å². The van der Waals surface area contributed by atoms with Crippen LogP contribution in [-0.4, -0.2) is 16.1 Å². The third-order valence-corrected chi connectivity index (χ3v) is 2.87. The van der Waals surface area contributed by atoms with E-state index in [1.165, 1.54) is 12.1 Å². The van der Waals surface area contributed by atoms with Gasteiger partial charge in [0.1, 0.15) is 17.3 Å². The van der Waals surface area contributed by atoms with E-state index >= 15 is 0 Å². The maximum atomic E-state index is 13.0. The molecule has 1 aromatic carbocycles. The number of halogens is 2. The zero-order chi connectivity index (χ0) is 15.4. The molecule has 0 spiro atoms. The van der Waals surface area contributed by atoms with Crippen LogP contribution in [0.5, 0.6) is 0 Å². The summed E-state index contributed by atoms with van der Waals surface area (Å²) >= 11 is 0. The number of aromatic amines is 1. The van der Waals surface area contributed by atoms with Crippen LogP contribution in [0.15, 0.2) is 24.3 Å². The molecular weight excluding hydrogens is 276 g/mol. The fourth-order valence-electron chi connectivity index (χ4n) is 2.01. The molecule has 2 aromatic rings. The van der Waals surface area contributed by atoms with Crippen LogP contribution in [0.4, 0.5) is 8.78 Å². The highest BCUT2D eigenvalue weighted by molar-refractivity contribution is 5.92. The molecule has 0 fully saturated rings. The zero-order valence-electron chi connectivity index (χ0n) is 11.9. The summed E-state index contributed by atoms with van der Waals surface area (Å²) < 4.78 is 26.1. The first-order chi connectivity index (χ1) is 9.94. The summed E-state index contributed by atoms with van der Waals surface area (Å²) in [5, 5.41) is 9.32. The lowest BCUT2D eigenvalue weighted by molar-refractivity contribution is 0.0945. The molecular formula is C15H17F2N3O. The summed E-state index contributed by atoms with van der Waals surface area (Å²) in [6.45, 7) is 4.18. The second-order valence-corrected chi connectivity index (χ2v) is 5.34. The van der Waals surface area contributed by atoms with Crippen molar-refractivity contribution in [3.63, 3.8) is 0 Å². The van der Waals surface area contributed by atoms with Gasteiger partial charge in [0.25, 0.3) is 5.91 Å². The fourth-order valence-corrected chi connectivity index (χ4v) is 2.01. The number of hydrogen-bond donors (Lipinski definition) is 2. The molecule has 0 radical (unpaired) electrons. The van der Waals surface area contributed by atoms with Gasteiger partial charge in [0.15, 0.2) is 0 Å². The Balaban J connectivity index is 1.96. The van der Waals surface area contributed by atoms with Crippen molar-refractivity contribution in [2.75, 3.05) is 0 Å². The summed E-state index contributed by atoms with van der Waals surface area (Å²) in [5.41, 5.74) is 1.51. The molecule has 0 atom stereocenters. The lowest BCUT2D eigenvalue weighted by Gasteiger charge is -2.04. The van der Waals surface area contributed by atoms with Gasteiger partial charge >= 0.3 is 0 Å². The van der Waals surface area contributed by atoms with Gasteiger partial charge in [-0.15, -0.1) is 0 Å². The van der Waals surface area contributed by atoms with Crippen LogP contribution in [0, 0.1) is 17.6 Å². The molecule has 112 valence electrons. The van der Waals surface area contributed by atoms with E-state index in [0.717, 1.165) is 18.2 Å². The number of benzene rings is 1. The predicted molar refractivity (Wildman–Crippen MR) is 74.7 cm³/mol. The third kappa shape index (κ3) is 4.37. The zero-order valence-corrected chi connectivity index (χ0v) is 11.9. The third-order valence-electron chi connectivity index (χ3n) is 2.87. The second kappa shape index (κ2) is 6.47. The van der Waals surface area contributed by atoms with Crippen LogP contribution in [0.25, 0.3) is 0 Å². The first-order valence-electron chi connectivity index (χ1n) is 6.71. The van der Waals surface area contributed by atoms with E-state index in [9.17, 15) is 13.6 Å². The van der Waals surface area contributed by atoms with E-state index < -0.39 is 11.6 Å². The summed E-state index contributed by atoms with van der Waals surface area (Å²) in [4.78, 5) is 11.9. The number of amides is 1. The van der Waals surface area contributed by atoms with Gasteiger partial charge in [-0.2, -0.15) is 5.10 Å². The summed E-state index contributed by atoms with van der Waals surface area (Å²) in [6, 6.07) is 4.83. The molecule has 1 amide bonds. The molecule has 1 aromatic heterocycles. The highest BCUT2D eigenvalue weighted by atomic mass is 19.1. The maximum Gasteiger partial charge on any atom is 0.272 e. The Hall–Kier alpha value is -2.24. The van der Waals surface area contributed by atoms with Crippen molar-refractivity contribution in [3.05, 3.63) is 52.9 Å². The molecule has 0 bridgehead atoms. The summed E-state index contributed by atoms with van der Waals surface area (Å²) in [5.74, 6) is -1.26. The summed E-state index contributed by atoms with van der Waals surface area (Å²) in [7, 11) is 0.